The molecule has 0 aromatic carbocycles. The number of hydrogen-bond acceptors (Lipinski definition) is 4. The van der Waals surface area contributed by atoms with Crippen molar-refractivity contribution >= 4 is 23.3 Å². The number of hydrogen-bond donors (Lipinski definition) is 1. The third-order valence-corrected chi connectivity index (χ3v) is 1.78. The summed E-state index contributed by atoms with van der Waals surface area (Å²) < 4.78 is 5.04. The van der Waals surface area contributed by atoms with E-state index in [1.807, 2.05) is 6.92 Å². The van der Waals surface area contributed by atoms with Gasteiger partial charge in [0.15, 0.2) is 11.0 Å². The molecule has 0 fully saturated rings. The Bertz CT molecular complexity index is 316. The second kappa shape index (κ2) is 6.31. The smallest absolute Gasteiger partial charge is 0.227 e. The fraction of sp³-hybridized carbons (Fsp3) is 0.444. The standard InChI is InChI=1S/C9H12ClN3O2/c1-2-15-6-5-9(14)11-8-4-3-7(10)12-13-8/h3-4H,2,5-6H2,1H3,(H,11,13,14). The topological polar surface area (TPSA) is 64.1 Å². The minimum absolute atomic E-state index is 0.153. The molecule has 1 N–H and O–H groups in total. The Labute approximate surface area is 92.8 Å². The first kappa shape index (κ1) is 11.9. The molecule has 0 aliphatic carbocycles. The second-order valence-electron chi connectivity index (χ2n) is 2.74. The van der Waals surface area contributed by atoms with Crippen LogP contribution in [0.4, 0.5) is 5.82 Å². The lowest BCUT2D eigenvalue weighted by Crippen LogP contribution is -2.15. The molecule has 0 radical (unpaired) electrons. The van der Waals surface area contributed by atoms with Gasteiger partial charge in [0, 0.05) is 6.61 Å². The lowest BCUT2D eigenvalue weighted by molar-refractivity contribution is -0.117. The average molecular weight is 230 g/mol. The molecule has 0 unspecified atom stereocenters. The van der Waals surface area contributed by atoms with E-state index in [1.54, 1.807) is 12.1 Å². The zero-order valence-corrected chi connectivity index (χ0v) is 9.12. The van der Waals surface area contributed by atoms with E-state index in [0.29, 0.717) is 30.6 Å². The molecule has 6 heteroatoms. The summed E-state index contributed by atoms with van der Waals surface area (Å²) in [6.45, 7) is 2.89. The van der Waals surface area contributed by atoms with Crippen molar-refractivity contribution in [3.05, 3.63) is 17.3 Å². The van der Waals surface area contributed by atoms with E-state index in [2.05, 4.69) is 15.5 Å². The molecular weight excluding hydrogens is 218 g/mol. The number of amides is 1. The Kier molecular flexibility index (Phi) is 5.00. The molecule has 0 saturated heterocycles. The molecule has 0 saturated carbocycles. The van der Waals surface area contributed by atoms with E-state index >= 15 is 0 Å². The van der Waals surface area contributed by atoms with Crippen molar-refractivity contribution < 1.29 is 9.53 Å². The highest BCUT2D eigenvalue weighted by atomic mass is 35.5. The maximum absolute atomic E-state index is 11.3. The summed E-state index contributed by atoms with van der Waals surface area (Å²) in [4.78, 5) is 11.3. The zero-order valence-electron chi connectivity index (χ0n) is 8.36. The number of rotatable bonds is 5. The Hall–Kier alpha value is -1.20. The first-order valence-corrected chi connectivity index (χ1v) is 4.97. The van der Waals surface area contributed by atoms with Crippen molar-refractivity contribution in [1.82, 2.24) is 10.2 Å². The van der Waals surface area contributed by atoms with Crippen molar-refractivity contribution in [2.75, 3.05) is 18.5 Å². The van der Waals surface area contributed by atoms with Crippen LogP contribution >= 0.6 is 11.6 Å². The van der Waals surface area contributed by atoms with Gasteiger partial charge in [-0.05, 0) is 19.1 Å². The number of ether oxygens (including phenoxy) is 1. The molecule has 5 nitrogen and oxygen atoms in total. The van der Waals surface area contributed by atoms with E-state index in [4.69, 9.17) is 16.3 Å². The van der Waals surface area contributed by atoms with Gasteiger partial charge in [-0.3, -0.25) is 4.79 Å². The predicted octanol–water partition coefficient (Wildman–Crippen LogP) is 1.50. The van der Waals surface area contributed by atoms with Crippen LogP contribution < -0.4 is 5.32 Å². The van der Waals surface area contributed by atoms with Gasteiger partial charge in [-0.1, -0.05) is 11.6 Å². The van der Waals surface area contributed by atoms with E-state index in [9.17, 15) is 4.79 Å². The minimum atomic E-state index is -0.153. The fourth-order valence-corrected chi connectivity index (χ4v) is 0.998. The molecule has 0 aliphatic heterocycles. The maximum atomic E-state index is 11.3. The Balaban J connectivity index is 2.34. The van der Waals surface area contributed by atoms with Crippen molar-refractivity contribution in [3.63, 3.8) is 0 Å². The molecule has 15 heavy (non-hydrogen) atoms. The predicted molar refractivity (Wildman–Crippen MR) is 56.8 cm³/mol. The second-order valence-corrected chi connectivity index (χ2v) is 3.12. The third kappa shape index (κ3) is 4.71. The number of anilines is 1. The highest BCUT2D eigenvalue weighted by Crippen LogP contribution is 2.06. The van der Waals surface area contributed by atoms with Crippen LogP contribution in [0.2, 0.25) is 5.15 Å². The summed E-state index contributed by atoms with van der Waals surface area (Å²) in [5.41, 5.74) is 0. The van der Waals surface area contributed by atoms with Crippen LogP contribution in [0.25, 0.3) is 0 Å². The van der Waals surface area contributed by atoms with Crippen LogP contribution in [0.1, 0.15) is 13.3 Å². The number of halogens is 1. The average Bonchev–Trinajstić information content (AvgIpc) is 2.22. The monoisotopic (exact) mass is 229 g/mol. The zero-order chi connectivity index (χ0) is 11.1. The molecule has 1 heterocycles. The number of carbonyl (C=O) groups is 1. The third-order valence-electron chi connectivity index (χ3n) is 1.58. The number of nitrogens with zero attached hydrogens (tertiary/aromatic N) is 2. The molecule has 1 amide bonds. The van der Waals surface area contributed by atoms with Crippen LogP contribution in [-0.4, -0.2) is 29.3 Å². The first-order chi connectivity index (χ1) is 7.22. The molecule has 0 atom stereocenters. The van der Waals surface area contributed by atoms with Gasteiger partial charge >= 0.3 is 0 Å². The minimum Gasteiger partial charge on any atom is -0.381 e. The van der Waals surface area contributed by atoms with Crippen LogP contribution in [-0.2, 0) is 9.53 Å². The van der Waals surface area contributed by atoms with Gasteiger partial charge in [0.2, 0.25) is 5.91 Å². The molecule has 0 spiro atoms. The molecule has 1 aromatic heterocycles. The SMILES string of the molecule is CCOCCC(=O)Nc1ccc(Cl)nn1. The Morgan fingerprint density at radius 1 is 1.53 bits per heavy atom. The lowest BCUT2D eigenvalue weighted by atomic mass is 10.4. The largest absolute Gasteiger partial charge is 0.381 e. The number of aromatic nitrogens is 2. The summed E-state index contributed by atoms with van der Waals surface area (Å²) in [6, 6.07) is 3.15. The summed E-state index contributed by atoms with van der Waals surface area (Å²) >= 11 is 5.54. The van der Waals surface area contributed by atoms with Crippen molar-refractivity contribution in [1.29, 1.82) is 0 Å². The van der Waals surface area contributed by atoms with Crippen LogP contribution in [0.15, 0.2) is 12.1 Å². The molecule has 1 aromatic rings. The van der Waals surface area contributed by atoms with Gasteiger partial charge in [-0.25, -0.2) is 0 Å². The van der Waals surface area contributed by atoms with Crippen LogP contribution in [0.3, 0.4) is 0 Å². The van der Waals surface area contributed by atoms with E-state index < -0.39 is 0 Å². The van der Waals surface area contributed by atoms with Crippen molar-refractivity contribution in [2.45, 2.75) is 13.3 Å². The van der Waals surface area contributed by atoms with Crippen molar-refractivity contribution in [3.8, 4) is 0 Å². The Morgan fingerprint density at radius 2 is 2.33 bits per heavy atom. The van der Waals surface area contributed by atoms with Crippen molar-refractivity contribution in [2.24, 2.45) is 0 Å². The highest BCUT2D eigenvalue weighted by Gasteiger charge is 2.03. The van der Waals surface area contributed by atoms with Gasteiger partial charge in [0.25, 0.3) is 0 Å². The lowest BCUT2D eigenvalue weighted by Gasteiger charge is -2.03. The molecule has 0 aliphatic rings. The quantitative estimate of drug-likeness (QED) is 0.777. The highest BCUT2D eigenvalue weighted by molar-refractivity contribution is 6.29. The molecule has 1 rings (SSSR count). The van der Waals surface area contributed by atoms with Gasteiger partial charge in [-0.15, -0.1) is 10.2 Å². The summed E-state index contributed by atoms with van der Waals surface area (Å²) in [6.07, 6.45) is 0.304. The first-order valence-electron chi connectivity index (χ1n) is 4.59. The number of carbonyl (C=O) groups excluding carboxylic acids is 1. The van der Waals surface area contributed by atoms with E-state index in [0.717, 1.165) is 0 Å². The van der Waals surface area contributed by atoms with Gasteiger partial charge in [0.05, 0.1) is 13.0 Å². The van der Waals surface area contributed by atoms with Crippen LogP contribution in [0, 0.1) is 0 Å². The fourth-order valence-electron chi connectivity index (χ4n) is 0.897. The van der Waals surface area contributed by atoms with E-state index in [1.165, 1.54) is 0 Å². The molecule has 0 bridgehead atoms. The Morgan fingerprint density at radius 3 is 2.93 bits per heavy atom. The summed E-state index contributed by atoms with van der Waals surface area (Å²) in [7, 11) is 0. The van der Waals surface area contributed by atoms with E-state index in [-0.39, 0.29) is 5.91 Å². The maximum Gasteiger partial charge on any atom is 0.227 e. The van der Waals surface area contributed by atoms with Gasteiger partial charge in [0.1, 0.15) is 0 Å². The molecule has 82 valence electrons. The normalized spacial score (nSPS) is 10.0. The van der Waals surface area contributed by atoms with Gasteiger partial charge in [-0.2, -0.15) is 0 Å². The molecular formula is C9H12ClN3O2. The number of nitrogens with one attached hydrogen (secondary N) is 1. The summed E-state index contributed by atoms with van der Waals surface area (Å²) in [5, 5.41) is 10.2. The van der Waals surface area contributed by atoms with Gasteiger partial charge < -0.3 is 10.1 Å². The van der Waals surface area contributed by atoms with Crippen LogP contribution in [0.5, 0.6) is 0 Å². The summed E-state index contributed by atoms with van der Waals surface area (Å²) in [5.74, 6) is 0.237.